The number of amides is 2. The lowest BCUT2D eigenvalue weighted by atomic mass is 10.1. The van der Waals surface area contributed by atoms with Crippen molar-refractivity contribution in [2.75, 3.05) is 4.90 Å². The first-order valence-electron chi connectivity index (χ1n) is 8.83. The molecule has 3 aromatic carbocycles. The average Bonchev–Trinajstić information content (AvgIpc) is 2.96. The molecule has 0 aromatic heterocycles. The third-order valence-electron chi connectivity index (χ3n) is 4.74. The quantitative estimate of drug-likeness (QED) is 0.391. The maximum absolute atomic E-state index is 12.7. The second-order valence-corrected chi connectivity index (χ2v) is 6.65. The largest absolute Gasteiger partial charge is 0.422 e. The summed E-state index contributed by atoms with van der Waals surface area (Å²) in [5.74, 6) is -0.837. The Morgan fingerprint density at radius 1 is 0.786 bits per heavy atom. The van der Waals surface area contributed by atoms with E-state index >= 15 is 0 Å². The fourth-order valence-corrected chi connectivity index (χ4v) is 3.31. The number of imide groups is 1. The van der Waals surface area contributed by atoms with Crippen LogP contribution in [0.2, 0.25) is 0 Å². The van der Waals surface area contributed by atoms with Crippen LogP contribution in [0.1, 0.15) is 42.2 Å². The van der Waals surface area contributed by atoms with Gasteiger partial charge in [0.1, 0.15) is 5.75 Å². The van der Waals surface area contributed by atoms with Crippen LogP contribution < -0.4 is 9.64 Å². The van der Waals surface area contributed by atoms with Crippen molar-refractivity contribution in [1.29, 1.82) is 0 Å². The molecule has 1 aliphatic heterocycles. The molecular formula is C23H17NO4. The summed E-state index contributed by atoms with van der Waals surface area (Å²) in [6.07, 6.45) is 0. The Morgan fingerprint density at radius 3 is 1.96 bits per heavy atom. The highest BCUT2D eigenvalue weighted by atomic mass is 16.5. The van der Waals surface area contributed by atoms with E-state index in [4.69, 9.17) is 4.74 Å². The van der Waals surface area contributed by atoms with Crippen molar-refractivity contribution in [2.24, 2.45) is 0 Å². The molecule has 138 valence electrons. The molecular weight excluding hydrogens is 354 g/mol. The summed E-state index contributed by atoms with van der Waals surface area (Å²) in [4.78, 5) is 39.1. The zero-order chi connectivity index (χ0) is 19.8. The topological polar surface area (TPSA) is 63.7 Å². The predicted molar refractivity (Wildman–Crippen MR) is 105 cm³/mol. The summed E-state index contributed by atoms with van der Waals surface area (Å²) < 4.78 is 5.57. The van der Waals surface area contributed by atoms with Crippen molar-refractivity contribution in [1.82, 2.24) is 0 Å². The third-order valence-corrected chi connectivity index (χ3v) is 4.74. The van der Waals surface area contributed by atoms with Gasteiger partial charge in [0.15, 0.2) is 0 Å². The van der Waals surface area contributed by atoms with E-state index in [1.807, 2.05) is 32.0 Å². The average molecular weight is 371 g/mol. The molecule has 0 spiro atoms. The number of hydrogen-bond acceptors (Lipinski definition) is 4. The predicted octanol–water partition coefficient (Wildman–Crippen LogP) is 4.32. The molecule has 4 rings (SSSR count). The number of ether oxygens (including phenoxy) is 1. The van der Waals surface area contributed by atoms with Gasteiger partial charge in [-0.1, -0.05) is 36.4 Å². The Bertz CT molecular complexity index is 1080. The van der Waals surface area contributed by atoms with Crippen LogP contribution in [0.15, 0.2) is 66.7 Å². The van der Waals surface area contributed by atoms with Crippen molar-refractivity contribution in [3.8, 4) is 5.75 Å². The lowest BCUT2D eigenvalue weighted by Crippen LogP contribution is -2.29. The van der Waals surface area contributed by atoms with Crippen LogP contribution in [0.4, 0.5) is 5.69 Å². The number of carbonyl (C=O) groups is 3. The van der Waals surface area contributed by atoms with Crippen LogP contribution in [0, 0.1) is 13.8 Å². The summed E-state index contributed by atoms with van der Waals surface area (Å²) >= 11 is 0. The van der Waals surface area contributed by atoms with E-state index in [2.05, 4.69) is 0 Å². The Labute approximate surface area is 162 Å². The molecule has 0 N–H and O–H groups in total. The molecule has 28 heavy (non-hydrogen) atoms. The molecule has 0 atom stereocenters. The van der Waals surface area contributed by atoms with Gasteiger partial charge < -0.3 is 4.74 Å². The van der Waals surface area contributed by atoms with Gasteiger partial charge in [0.05, 0.1) is 22.4 Å². The molecule has 5 heteroatoms. The van der Waals surface area contributed by atoms with E-state index in [9.17, 15) is 14.4 Å². The lowest BCUT2D eigenvalue weighted by molar-refractivity contribution is 0.0731. The van der Waals surface area contributed by atoms with E-state index in [1.54, 1.807) is 42.5 Å². The van der Waals surface area contributed by atoms with Crippen LogP contribution in [0.25, 0.3) is 0 Å². The normalized spacial score (nSPS) is 12.9. The summed E-state index contributed by atoms with van der Waals surface area (Å²) in [5.41, 5.74) is 3.01. The number of fused-ring (bicyclic) bond motifs is 1. The standard InChI is InChI=1S/C23H17NO4/c1-14-7-5-8-15(2)20(14)28-23(27)16-9-6-10-17(13-16)24-21(25)18-11-3-4-12-19(18)22(24)26/h3-13H,1-2H3. The van der Waals surface area contributed by atoms with Crippen molar-refractivity contribution in [3.05, 3.63) is 94.5 Å². The Morgan fingerprint density at radius 2 is 1.36 bits per heavy atom. The van der Waals surface area contributed by atoms with Crippen molar-refractivity contribution in [3.63, 3.8) is 0 Å². The molecule has 0 fully saturated rings. The van der Waals surface area contributed by atoms with Gasteiger partial charge in [0, 0.05) is 0 Å². The molecule has 1 heterocycles. The van der Waals surface area contributed by atoms with Gasteiger partial charge in [0.25, 0.3) is 11.8 Å². The molecule has 5 nitrogen and oxygen atoms in total. The van der Waals surface area contributed by atoms with Gasteiger partial charge in [-0.15, -0.1) is 0 Å². The fourth-order valence-electron chi connectivity index (χ4n) is 3.31. The van der Waals surface area contributed by atoms with E-state index in [0.717, 1.165) is 16.0 Å². The first kappa shape index (κ1) is 17.7. The van der Waals surface area contributed by atoms with Gasteiger partial charge in [-0.2, -0.15) is 0 Å². The smallest absolute Gasteiger partial charge is 0.343 e. The summed E-state index contributed by atoms with van der Waals surface area (Å²) in [5, 5.41) is 0. The maximum atomic E-state index is 12.7. The monoisotopic (exact) mass is 371 g/mol. The number of nitrogens with zero attached hydrogens (tertiary/aromatic N) is 1. The number of rotatable bonds is 3. The van der Waals surface area contributed by atoms with Gasteiger partial charge in [-0.3, -0.25) is 9.59 Å². The van der Waals surface area contributed by atoms with Crippen LogP contribution in [0.5, 0.6) is 5.75 Å². The minimum Gasteiger partial charge on any atom is -0.422 e. The van der Waals surface area contributed by atoms with Crippen LogP contribution in [-0.4, -0.2) is 17.8 Å². The number of esters is 1. The number of carbonyl (C=O) groups excluding carboxylic acids is 3. The summed E-state index contributed by atoms with van der Waals surface area (Å²) in [6, 6.07) is 18.6. The van der Waals surface area contributed by atoms with Crippen molar-refractivity contribution in [2.45, 2.75) is 13.8 Å². The number of para-hydroxylation sites is 1. The second-order valence-electron chi connectivity index (χ2n) is 6.65. The molecule has 0 aliphatic carbocycles. The van der Waals surface area contributed by atoms with E-state index in [0.29, 0.717) is 22.6 Å². The Balaban J connectivity index is 1.65. The molecule has 0 bridgehead atoms. The zero-order valence-electron chi connectivity index (χ0n) is 15.4. The fraction of sp³-hybridized carbons (Fsp3) is 0.0870. The van der Waals surface area contributed by atoms with Crippen molar-refractivity contribution < 1.29 is 19.1 Å². The molecule has 2 amide bonds. The number of benzene rings is 3. The molecule has 0 saturated carbocycles. The number of anilines is 1. The van der Waals surface area contributed by atoms with E-state index in [1.165, 1.54) is 6.07 Å². The maximum Gasteiger partial charge on any atom is 0.343 e. The zero-order valence-corrected chi connectivity index (χ0v) is 15.4. The molecule has 0 radical (unpaired) electrons. The highest BCUT2D eigenvalue weighted by Crippen LogP contribution is 2.29. The van der Waals surface area contributed by atoms with Gasteiger partial charge in [-0.05, 0) is 55.3 Å². The Hall–Kier alpha value is -3.73. The van der Waals surface area contributed by atoms with Crippen LogP contribution in [-0.2, 0) is 0 Å². The number of hydrogen-bond donors (Lipinski definition) is 0. The summed E-state index contributed by atoms with van der Waals surface area (Å²) in [6.45, 7) is 3.73. The van der Waals surface area contributed by atoms with Gasteiger partial charge >= 0.3 is 5.97 Å². The van der Waals surface area contributed by atoms with Gasteiger partial charge in [0.2, 0.25) is 0 Å². The van der Waals surface area contributed by atoms with E-state index < -0.39 is 17.8 Å². The van der Waals surface area contributed by atoms with Crippen LogP contribution in [0.3, 0.4) is 0 Å². The first-order valence-corrected chi connectivity index (χ1v) is 8.83. The molecule has 3 aromatic rings. The highest BCUT2D eigenvalue weighted by molar-refractivity contribution is 6.34. The molecule has 1 aliphatic rings. The first-order chi connectivity index (χ1) is 13.5. The minimum absolute atomic E-state index is 0.261. The Kier molecular flexibility index (Phi) is 4.28. The molecule has 0 saturated heterocycles. The highest BCUT2D eigenvalue weighted by Gasteiger charge is 2.36. The lowest BCUT2D eigenvalue weighted by Gasteiger charge is -2.15. The van der Waals surface area contributed by atoms with E-state index in [-0.39, 0.29) is 5.56 Å². The van der Waals surface area contributed by atoms with Gasteiger partial charge in [-0.25, -0.2) is 9.69 Å². The van der Waals surface area contributed by atoms with Crippen molar-refractivity contribution >= 4 is 23.5 Å². The SMILES string of the molecule is Cc1cccc(C)c1OC(=O)c1cccc(N2C(=O)c3ccccc3C2=O)c1. The third kappa shape index (κ3) is 2.87. The van der Waals surface area contributed by atoms with Crippen LogP contribution >= 0.6 is 0 Å². The number of aryl methyl sites for hydroxylation is 2. The second kappa shape index (κ2) is 6.78. The molecule has 0 unspecified atom stereocenters. The minimum atomic E-state index is -0.546. The summed E-state index contributed by atoms with van der Waals surface area (Å²) in [7, 11) is 0.